The zero-order valence-electron chi connectivity index (χ0n) is 16.4. The van der Waals surface area contributed by atoms with Crippen molar-refractivity contribution in [3.05, 3.63) is 31.3 Å². The summed E-state index contributed by atoms with van der Waals surface area (Å²) in [6.07, 6.45) is 2.29. The summed E-state index contributed by atoms with van der Waals surface area (Å²) in [5, 5.41) is 11.5. The van der Waals surface area contributed by atoms with Crippen molar-refractivity contribution < 1.29 is 19.4 Å². The number of thiophene rings is 1. The van der Waals surface area contributed by atoms with Gasteiger partial charge in [-0.2, -0.15) is 0 Å². The molecule has 4 heterocycles. The summed E-state index contributed by atoms with van der Waals surface area (Å²) < 4.78 is 7.71. The zero-order valence-corrected chi connectivity index (χ0v) is 17.2. The van der Waals surface area contributed by atoms with E-state index in [4.69, 9.17) is 4.74 Å². The standard InChI is InChI=1S/C19H23N3O6S/c1-19(2)7-11-12(10-28-19)29-17-15(11)16(26)21(9-14(24)25)18(27)22(17)8-13(23)20-5-3-4-6-20/h3-10H2,1-2H3,(H,24,25)/p-1. The number of hydrogen-bond donors (Lipinski definition) is 0. The number of fused-ring (bicyclic) bond motifs is 3. The van der Waals surface area contributed by atoms with E-state index in [2.05, 4.69) is 0 Å². The molecule has 0 aromatic carbocycles. The van der Waals surface area contributed by atoms with Crippen molar-refractivity contribution in [2.24, 2.45) is 0 Å². The fourth-order valence-corrected chi connectivity index (χ4v) is 5.23. The summed E-state index contributed by atoms with van der Waals surface area (Å²) in [4.78, 5) is 52.8. The summed E-state index contributed by atoms with van der Waals surface area (Å²) in [6, 6.07) is 0. The van der Waals surface area contributed by atoms with Gasteiger partial charge in [-0.15, -0.1) is 11.3 Å². The van der Waals surface area contributed by atoms with Crippen molar-refractivity contribution in [3.8, 4) is 0 Å². The molecule has 10 heteroatoms. The SMILES string of the molecule is CC1(C)Cc2c(sc3c2c(=O)n(CC(=O)[O-])c(=O)n3CC(=O)N2CCCC2)CO1. The lowest BCUT2D eigenvalue weighted by Gasteiger charge is -2.29. The molecule has 0 unspecified atom stereocenters. The molecule has 2 aromatic heterocycles. The van der Waals surface area contributed by atoms with E-state index in [1.54, 1.807) is 4.90 Å². The number of hydrogen-bond acceptors (Lipinski definition) is 7. The van der Waals surface area contributed by atoms with Gasteiger partial charge in [-0.3, -0.25) is 18.7 Å². The lowest BCUT2D eigenvalue weighted by atomic mass is 9.94. The van der Waals surface area contributed by atoms with Crippen molar-refractivity contribution in [1.82, 2.24) is 14.0 Å². The molecule has 29 heavy (non-hydrogen) atoms. The van der Waals surface area contributed by atoms with Gasteiger partial charge in [0.2, 0.25) is 5.91 Å². The smallest absolute Gasteiger partial charge is 0.332 e. The molecule has 0 atom stereocenters. The Hall–Kier alpha value is -2.46. The lowest BCUT2D eigenvalue weighted by Crippen LogP contribution is -2.46. The number of carbonyl (C=O) groups excluding carboxylic acids is 2. The van der Waals surface area contributed by atoms with Gasteiger partial charge in [0.05, 0.1) is 30.1 Å². The monoisotopic (exact) mass is 420 g/mol. The molecule has 0 radical (unpaired) electrons. The van der Waals surface area contributed by atoms with Crippen LogP contribution < -0.4 is 16.4 Å². The number of aliphatic carboxylic acids is 1. The largest absolute Gasteiger partial charge is 0.548 e. The zero-order chi connectivity index (χ0) is 20.9. The molecule has 2 aliphatic heterocycles. The van der Waals surface area contributed by atoms with Crippen LogP contribution in [0.25, 0.3) is 10.2 Å². The molecule has 0 spiro atoms. The highest BCUT2D eigenvalue weighted by Gasteiger charge is 2.32. The van der Waals surface area contributed by atoms with Gasteiger partial charge in [0, 0.05) is 24.4 Å². The Labute approximate surface area is 170 Å². The Bertz CT molecular complexity index is 1120. The first-order valence-corrected chi connectivity index (χ1v) is 10.4. The van der Waals surface area contributed by atoms with Gasteiger partial charge in [0.15, 0.2) is 0 Å². The molecule has 0 saturated carbocycles. The third-order valence-electron chi connectivity index (χ3n) is 5.47. The van der Waals surface area contributed by atoms with Crippen LogP contribution in [0.4, 0.5) is 0 Å². The third kappa shape index (κ3) is 3.51. The minimum Gasteiger partial charge on any atom is -0.548 e. The van der Waals surface area contributed by atoms with Crippen LogP contribution in [0, 0.1) is 0 Å². The van der Waals surface area contributed by atoms with Crippen molar-refractivity contribution in [3.63, 3.8) is 0 Å². The van der Waals surface area contributed by atoms with E-state index in [0.717, 1.165) is 23.3 Å². The van der Waals surface area contributed by atoms with Crippen LogP contribution >= 0.6 is 11.3 Å². The van der Waals surface area contributed by atoms with Crippen LogP contribution in [0.3, 0.4) is 0 Å². The fourth-order valence-electron chi connectivity index (χ4n) is 4.01. The number of aromatic nitrogens is 2. The van der Waals surface area contributed by atoms with Crippen LogP contribution in [0.2, 0.25) is 0 Å². The van der Waals surface area contributed by atoms with Crippen LogP contribution in [0.15, 0.2) is 9.59 Å². The molecular formula is C19H22N3O6S-. The second-order valence-corrected chi connectivity index (χ2v) is 9.21. The highest BCUT2D eigenvalue weighted by atomic mass is 32.1. The maximum Gasteiger partial charge on any atom is 0.332 e. The van der Waals surface area contributed by atoms with Crippen molar-refractivity contribution >= 4 is 33.4 Å². The Morgan fingerprint density at radius 1 is 1.14 bits per heavy atom. The van der Waals surface area contributed by atoms with Gasteiger partial charge >= 0.3 is 5.69 Å². The topological polar surface area (TPSA) is 114 Å². The second kappa shape index (κ2) is 7.10. The number of likely N-dealkylation sites (tertiary alicyclic amines) is 1. The molecule has 0 N–H and O–H groups in total. The number of carboxylic acids is 1. The molecule has 0 aliphatic carbocycles. The molecule has 2 aliphatic rings. The first-order valence-electron chi connectivity index (χ1n) is 9.57. The number of nitrogens with zero attached hydrogens (tertiary/aromatic N) is 3. The van der Waals surface area contributed by atoms with E-state index in [9.17, 15) is 24.3 Å². The van der Waals surface area contributed by atoms with Crippen molar-refractivity contribution in [1.29, 1.82) is 0 Å². The van der Waals surface area contributed by atoms with Crippen LogP contribution in [-0.4, -0.2) is 44.6 Å². The number of amides is 1. The maximum absolute atomic E-state index is 13.1. The van der Waals surface area contributed by atoms with Gasteiger partial charge in [-0.25, -0.2) is 4.79 Å². The summed E-state index contributed by atoms with van der Waals surface area (Å²) in [5.41, 5.74) is -1.19. The molecule has 1 saturated heterocycles. The Balaban J connectivity index is 1.92. The van der Waals surface area contributed by atoms with Crippen LogP contribution in [-0.2, 0) is 40.4 Å². The highest BCUT2D eigenvalue weighted by Crippen LogP contribution is 2.37. The Kier molecular flexibility index (Phi) is 4.86. The normalized spacial score (nSPS) is 18.2. The first kappa shape index (κ1) is 19.8. The van der Waals surface area contributed by atoms with Gasteiger partial charge in [0.25, 0.3) is 5.56 Å². The fraction of sp³-hybridized carbons (Fsp3) is 0.579. The summed E-state index contributed by atoms with van der Waals surface area (Å²) in [6.45, 7) is 4.31. The number of ether oxygens (including phenoxy) is 1. The summed E-state index contributed by atoms with van der Waals surface area (Å²) in [5.74, 6) is -1.75. The molecule has 4 rings (SSSR count). The minimum absolute atomic E-state index is 0.215. The number of carboxylic acid groups (broad SMARTS) is 1. The average molecular weight is 420 g/mol. The second-order valence-electron chi connectivity index (χ2n) is 8.13. The van der Waals surface area contributed by atoms with E-state index < -0.39 is 29.4 Å². The summed E-state index contributed by atoms with van der Waals surface area (Å²) >= 11 is 1.26. The first-order chi connectivity index (χ1) is 13.7. The molecule has 0 bridgehead atoms. The van der Waals surface area contributed by atoms with Gasteiger partial charge in [0.1, 0.15) is 11.4 Å². The third-order valence-corrected chi connectivity index (χ3v) is 6.70. The highest BCUT2D eigenvalue weighted by molar-refractivity contribution is 7.18. The predicted molar refractivity (Wildman–Crippen MR) is 104 cm³/mol. The van der Waals surface area contributed by atoms with Crippen molar-refractivity contribution in [2.45, 2.75) is 58.4 Å². The quantitative estimate of drug-likeness (QED) is 0.656. The van der Waals surface area contributed by atoms with Crippen LogP contribution in [0.1, 0.15) is 37.1 Å². The van der Waals surface area contributed by atoms with E-state index >= 15 is 0 Å². The van der Waals surface area contributed by atoms with Gasteiger partial charge < -0.3 is 19.5 Å². The van der Waals surface area contributed by atoms with Crippen LogP contribution in [0.5, 0.6) is 0 Å². The number of rotatable bonds is 4. The van der Waals surface area contributed by atoms with Gasteiger partial charge in [-0.05, 0) is 32.3 Å². The maximum atomic E-state index is 13.1. The van der Waals surface area contributed by atoms with Crippen molar-refractivity contribution in [2.75, 3.05) is 13.1 Å². The average Bonchev–Trinajstić information content (AvgIpc) is 3.29. The molecule has 1 amide bonds. The Morgan fingerprint density at radius 2 is 1.83 bits per heavy atom. The Morgan fingerprint density at radius 3 is 2.48 bits per heavy atom. The van der Waals surface area contributed by atoms with E-state index in [0.29, 0.717) is 40.9 Å². The minimum atomic E-state index is -1.53. The molecule has 1 fully saturated rings. The summed E-state index contributed by atoms with van der Waals surface area (Å²) in [7, 11) is 0. The predicted octanol–water partition coefficient (Wildman–Crippen LogP) is -0.552. The molecule has 156 valence electrons. The molecule has 9 nitrogen and oxygen atoms in total. The van der Waals surface area contributed by atoms with E-state index in [1.165, 1.54) is 15.9 Å². The lowest BCUT2D eigenvalue weighted by molar-refractivity contribution is -0.306. The van der Waals surface area contributed by atoms with E-state index in [1.807, 2.05) is 13.8 Å². The van der Waals surface area contributed by atoms with Gasteiger partial charge in [-0.1, -0.05) is 0 Å². The molecular weight excluding hydrogens is 398 g/mol. The van der Waals surface area contributed by atoms with E-state index in [-0.39, 0.29) is 12.5 Å². The number of carbonyl (C=O) groups is 2. The molecule has 2 aromatic rings.